The second-order valence-corrected chi connectivity index (χ2v) is 6.13. The van der Waals surface area contributed by atoms with Gasteiger partial charge in [-0.25, -0.2) is 4.98 Å². The minimum Gasteiger partial charge on any atom is -0.396 e. The number of aromatic nitrogens is 1. The molecule has 4 heteroatoms. The summed E-state index contributed by atoms with van der Waals surface area (Å²) in [5.41, 5.74) is 1.29. The molecule has 1 N–H and O–H groups in total. The van der Waals surface area contributed by atoms with E-state index < -0.39 is 0 Å². The molecular weight excluding hydrogens is 214 g/mol. The lowest BCUT2D eigenvalue weighted by Crippen LogP contribution is -2.10. The van der Waals surface area contributed by atoms with E-state index in [0.29, 0.717) is 0 Å². The van der Waals surface area contributed by atoms with E-state index in [4.69, 9.17) is 5.11 Å². The van der Waals surface area contributed by atoms with Crippen molar-refractivity contribution < 1.29 is 5.11 Å². The number of thiazole rings is 1. The lowest BCUT2D eigenvalue weighted by atomic mass is 9.98. The Morgan fingerprint density at radius 1 is 1.50 bits per heavy atom. The average molecular weight is 231 g/mol. The van der Waals surface area contributed by atoms with Gasteiger partial charge in [-0.05, 0) is 0 Å². The summed E-state index contributed by atoms with van der Waals surface area (Å²) in [5, 5.41) is 11.9. The largest absolute Gasteiger partial charge is 0.396 e. The van der Waals surface area contributed by atoms with Crippen molar-refractivity contribution in [2.45, 2.75) is 31.9 Å². The van der Waals surface area contributed by atoms with Crippen LogP contribution in [0.15, 0.2) is 5.38 Å². The van der Waals surface area contributed by atoms with E-state index in [0.717, 1.165) is 17.2 Å². The van der Waals surface area contributed by atoms with Crippen LogP contribution in [0.5, 0.6) is 0 Å². The summed E-state index contributed by atoms with van der Waals surface area (Å²) in [5.74, 6) is 1.70. The fraction of sp³-hybridized carbons (Fsp3) is 0.700. The molecule has 0 aromatic carbocycles. The van der Waals surface area contributed by atoms with Gasteiger partial charge in [0.15, 0.2) is 0 Å². The number of thioether (sulfide) groups is 1. The van der Waals surface area contributed by atoms with Gasteiger partial charge in [-0.15, -0.1) is 11.3 Å². The zero-order valence-corrected chi connectivity index (χ0v) is 10.5. The molecule has 0 saturated heterocycles. The van der Waals surface area contributed by atoms with Crippen LogP contribution in [0.2, 0.25) is 0 Å². The molecule has 14 heavy (non-hydrogen) atoms. The molecule has 1 aromatic heterocycles. The molecule has 0 atom stereocenters. The topological polar surface area (TPSA) is 33.1 Å². The number of rotatable bonds is 4. The Labute approximate surface area is 93.8 Å². The first-order valence-electron chi connectivity index (χ1n) is 4.67. The molecule has 0 fully saturated rings. The summed E-state index contributed by atoms with van der Waals surface area (Å²) in [6, 6.07) is 0. The summed E-state index contributed by atoms with van der Waals surface area (Å²) in [7, 11) is 0. The summed E-state index contributed by atoms with van der Waals surface area (Å²) in [4.78, 5) is 4.57. The molecule has 1 aromatic rings. The van der Waals surface area contributed by atoms with Gasteiger partial charge in [-0.3, -0.25) is 0 Å². The normalized spacial score (nSPS) is 12.0. The first kappa shape index (κ1) is 12.0. The van der Waals surface area contributed by atoms with Crippen molar-refractivity contribution in [3.63, 3.8) is 0 Å². The van der Waals surface area contributed by atoms with E-state index in [9.17, 15) is 0 Å². The molecule has 0 unspecified atom stereocenters. The molecule has 0 bridgehead atoms. The number of aliphatic hydroxyl groups is 1. The Kier molecular flexibility index (Phi) is 4.41. The van der Waals surface area contributed by atoms with Crippen LogP contribution in [-0.4, -0.2) is 22.5 Å². The molecule has 0 aliphatic rings. The van der Waals surface area contributed by atoms with E-state index in [2.05, 4.69) is 31.1 Å². The first-order chi connectivity index (χ1) is 6.54. The molecule has 2 nitrogen and oxygen atoms in total. The van der Waals surface area contributed by atoms with Gasteiger partial charge in [-0.1, -0.05) is 20.8 Å². The summed E-state index contributed by atoms with van der Waals surface area (Å²) in [6.45, 7) is 6.78. The third kappa shape index (κ3) is 3.59. The van der Waals surface area contributed by atoms with Crippen molar-refractivity contribution in [1.82, 2.24) is 4.98 Å². The van der Waals surface area contributed by atoms with E-state index in [1.807, 2.05) is 0 Å². The van der Waals surface area contributed by atoms with Crippen molar-refractivity contribution >= 4 is 23.1 Å². The summed E-state index contributed by atoms with van der Waals surface area (Å²) in [6.07, 6.45) is 0. The Morgan fingerprint density at radius 2 is 2.21 bits per heavy atom. The molecule has 0 spiro atoms. The maximum Gasteiger partial charge on any atom is 0.0982 e. The smallest absolute Gasteiger partial charge is 0.0982 e. The Balaban J connectivity index is 2.51. The second-order valence-electron chi connectivity index (χ2n) is 4.17. The minimum atomic E-state index is 0.157. The highest BCUT2D eigenvalue weighted by atomic mass is 32.2. The molecule has 0 aliphatic carbocycles. The predicted octanol–water partition coefficient (Wildman–Crippen LogP) is 2.67. The first-order valence-corrected chi connectivity index (χ1v) is 6.71. The maximum atomic E-state index is 8.64. The SMILES string of the molecule is CC(C)(C)c1nc(CSCCO)cs1. The molecule has 0 aliphatic heterocycles. The molecule has 80 valence electrons. The van der Waals surface area contributed by atoms with Gasteiger partial charge >= 0.3 is 0 Å². The fourth-order valence-electron chi connectivity index (χ4n) is 0.959. The highest BCUT2D eigenvalue weighted by molar-refractivity contribution is 7.98. The zero-order valence-electron chi connectivity index (χ0n) is 8.91. The van der Waals surface area contributed by atoms with Gasteiger partial charge < -0.3 is 5.11 Å². The van der Waals surface area contributed by atoms with Crippen molar-refractivity contribution in [3.05, 3.63) is 16.1 Å². The average Bonchev–Trinajstić information content (AvgIpc) is 2.52. The molecule has 0 saturated carbocycles. The lowest BCUT2D eigenvalue weighted by Gasteiger charge is -2.13. The summed E-state index contributed by atoms with van der Waals surface area (Å²) < 4.78 is 0. The van der Waals surface area contributed by atoms with Crippen molar-refractivity contribution in [2.75, 3.05) is 12.4 Å². The minimum absolute atomic E-state index is 0.157. The highest BCUT2D eigenvalue weighted by Crippen LogP contribution is 2.26. The number of nitrogens with zero attached hydrogens (tertiary/aromatic N) is 1. The molecular formula is C10H17NOS2. The fourth-order valence-corrected chi connectivity index (χ4v) is 2.60. The Hall–Kier alpha value is -0.0600. The van der Waals surface area contributed by atoms with Gasteiger partial charge in [0, 0.05) is 22.3 Å². The van der Waals surface area contributed by atoms with Gasteiger partial charge in [-0.2, -0.15) is 11.8 Å². The van der Waals surface area contributed by atoms with Gasteiger partial charge in [0.1, 0.15) is 0 Å². The molecule has 0 radical (unpaired) electrons. The van der Waals surface area contributed by atoms with E-state index in [-0.39, 0.29) is 12.0 Å². The number of aliphatic hydroxyl groups excluding tert-OH is 1. The predicted molar refractivity (Wildman–Crippen MR) is 64.1 cm³/mol. The standard InChI is InChI=1S/C10H17NOS2/c1-10(2,3)9-11-8(7-14-9)6-13-5-4-12/h7,12H,4-6H2,1-3H3. The number of hydrogen-bond donors (Lipinski definition) is 1. The van der Waals surface area contributed by atoms with E-state index in [1.165, 1.54) is 5.01 Å². The van der Waals surface area contributed by atoms with E-state index in [1.54, 1.807) is 23.1 Å². The van der Waals surface area contributed by atoms with Crippen molar-refractivity contribution in [3.8, 4) is 0 Å². The van der Waals surface area contributed by atoms with Gasteiger partial charge in [0.05, 0.1) is 17.3 Å². The molecule has 1 heterocycles. The van der Waals surface area contributed by atoms with E-state index >= 15 is 0 Å². The summed E-state index contributed by atoms with van der Waals surface area (Å²) >= 11 is 3.45. The Morgan fingerprint density at radius 3 is 2.71 bits per heavy atom. The second kappa shape index (κ2) is 5.14. The highest BCUT2D eigenvalue weighted by Gasteiger charge is 2.17. The Bertz CT molecular complexity index is 278. The van der Waals surface area contributed by atoms with Crippen LogP contribution < -0.4 is 0 Å². The van der Waals surface area contributed by atoms with Crippen LogP contribution in [0.25, 0.3) is 0 Å². The third-order valence-corrected chi connectivity index (χ3v) is 3.97. The lowest BCUT2D eigenvalue weighted by molar-refractivity contribution is 0.322. The van der Waals surface area contributed by atoms with Crippen LogP contribution in [0.4, 0.5) is 0 Å². The van der Waals surface area contributed by atoms with Gasteiger partial charge in [0.2, 0.25) is 0 Å². The third-order valence-electron chi connectivity index (χ3n) is 1.68. The van der Waals surface area contributed by atoms with Crippen LogP contribution in [-0.2, 0) is 11.2 Å². The molecule has 1 rings (SSSR count). The van der Waals surface area contributed by atoms with Crippen molar-refractivity contribution in [2.24, 2.45) is 0 Å². The van der Waals surface area contributed by atoms with Crippen LogP contribution in [0.1, 0.15) is 31.5 Å². The van der Waals surface area contributed by atoms with Crippen molar-refractivity contribution in [1.29, 1.82) is 0 Å². The number of hydrogen-bond acceptors (Lipinski definition) is 4. The quantitative estimate of drug-likeness (QED) is 0.809. The van der Waals surface area contributed by atoms with Crippen LogP contribution in [0.3, 0.4) is 0 Å². The van der Waals surface area contributed by atoms with Crippen LogP contribution >= 0.6 is 23.1 Å². The maximum absolute atomic E-state index is 8.64. The monoisotopic (exact) mass is 231 g/mol. The van der Waals surface area contributed by atoms with Gasteiger partial charge in [0.25, 0.3) is 0 Å². The zero-order chi connectivity index (χ0) is 10.6. The molecule has 0 amide bonds. The van der Waals surface area contributed by atoms with Crippen LogP contribution in [0, 0.1) is 0 Å².